The smallest absolute Gasteiger partial charge is 0.0777 e. The van der Waals surface area contributed by atoms with Gasteiger partial charge in [-0.3, -0.25) is 4.90 Å². The zero-order valence-corrected chi connectivity index (χ0v) is 12.3. The van der Waals surface area contributed by atoms with Crippen LogP contribution in [0.4, 0.5) is 0 Å². The van der Waals surface area contributed by atoms with Crippen molar-refractivity contribution in [1.29, 1.82) is 0 Å². The first-order valence-corrected chi connectivity index (χ1v) is 6.89. The van der Waals surface area contributed by atoms with Gasteiger partial charge in [0.15, 0.2) is 0 Å². The fourth-order valence-corrected chi connectivity index (χ4v) is 2.73. The monoisotopic (exact) mass is 242 g/mol. The molecule has 1 N–H and O–H groups in total. The minimum atomic E-state index is 0.0620. The molecule has 0 saturated carbocycles. The lowest BCUT2D eigenvalue weighted by molar-refractivity contribution is -0.0573. The lowest BCUT2D eigenvalue weighted by Crippen LogP contribution is -2.51. The Morgan fingerprint density at radius 1 is 1.41 bits per heavy atom. The molecule has 1 atom stereocenters. The average molecular weight is 242 g/mol. The van der Waals surface area contributed by atoms with Crippen LogP contribution < -0.4 is 5.32 Å². The fraction of sp³-hybridized carbons (Fsp3) is 1.00. The van der Waals surface area contributed by atoms with E-state index in [0.717, 1.165) is 26.2 Å². The topological polar surface area (TPSA) is 24.5 Å². The summed E-state index contributed by atoms with van der Waals surface area (Å²) in [5, 5.41) is 3.45. The molecule has 0 aromatic rings. The molecule has 0 aromatic carbocycles. The van der Waals surface area contributed by atoms with Crippen LogP contribution in [0.5, 0.6) is 0 Å². The standard InChI is InChI=1S/C14H30N2O/c1-6-15-10-13(2,3)11-16-9-7-8-14(4,12-16)17-5/h15H,6-12H2,1-5H3. The maximum Gasteiger partial charge on any atom is 0.0777 e. The van der Waals surface area contributed by atoms with Crippen molar-refractivity contribution in [3.8, 4) is 0 Å². The number of likely N-dealkylation sites (tertiary alicyclic amines) is 1. The molecule has 0 amide bonds. The van der Waals surface area contributed by atoms with E-state index in [0.29, 0.717) is 5.41 Å². The second-order valence-corrected chi connectivity index (χ2v) is 6.41. The summed E-state index contributed by atoms with van der Waals surface area (Å²) in [5.74, 6) is 0. The fourth-order valence-electron chi connectivity index (χ4n) is 2.73. The molecule has 0 radical (unpaired) electrons. The van der Waals surface area contributed by atoms with Crippen molar-refractivity contribution < 1.29 is 4.74 Å². The number of hydrogen-bond acceptors (Lipinski definition) is 3. The number of hydrogen-bond donors (Lipinski definition) is 1. The third kappa shape index (κ3) is 4.94. The summed E-state index contributed by atoms with van der Waals surface area (Å²) < 4.78 is 5.65. The third-order valence-corrected chi connectivity index (χ3v) is 3.74. The van der Waals surface area contributed by atoms with E-state index in [9.17, 15) is 0 Å². The normalized spacial score (nSPS) is 27.4. The summed E-state index contributed by atoms with van der Waals surface area (Å²) in [6, 6.07) is 0. The van der Waals surface area contributed by atoms with E-state index in [1.807, 2.05) is 7.11 Å². The molecule has 1 aliphatic rings. The Balaban J connectivity index is 2.45. The average Bonchev–Trinajstić information content (AvgIpc) is 2.26. The van der Waals surface area contributed by atoms with E-state index < -0.39 is 0 Å². The van der Waals surface area contributed by atoms with Crippen LogP contribution in [0.3, 0.4) is 0 Å². The summed E-state index contributed by atoms with van der Waals surface area (Å²) in [6.07, 6.45) is 2.44. The van der Waals surface area contributed by atoms with Gasteiger partial charge in [-0.15, -0.1) is 0 Å². The number of nitrogens with zero attached hydrogens (tertiary/aromatic N) is 1. The van der Waals surface area contributed by atoms with Gasteiger partial charge in [0.1, 0.15) is 0 Å². The van der Waals surface area contributed by atoms with Crippen molar-refractivity contribution in [2.24, 2.45) is 5.41 Å². The first kappa shape index (κ1) is 14.9. The van der Waals surface area contributed by atoms with Crippen LogP contribution in [0, 0.1) is 5.41 Å². The summed E-state index contributed by atoms with van der Waals surface area (Å²) in [5.41, 5.74) is 0.397. The van der Waals surface area contributed by atoms with Gasteiger partial charge in [0.25, 0.3) is 0 Å². The van der Waals surface area contributed by atoms with Crippen LogP contribution in [0.1, 0.15) is 40.5 Å². The van der Waals surface area contributed by atoms with E-state index >= 15 is 0 Å². The van der Waals surface area contributed by atoms with Crippen molar-refractivity contribution >= 4 is 0 Å². The molecule has 1 heterocycles. The Kier molecular flexibility index (Phi) is 5.42. The Bertz CT molecular complexity index is 230. The Morgan fingerprint density at radius 2 is 2.12 bits per heavy atom. The first-order valence-electron chi connectivity index (χ1n) is 6.89. The van der Waals surface area contributed by atoms with E-state index in [-0.39, 0.29) is 5.60 Å². The molecule has 0 bridgehead atoms. The van der Waals surface area contributed by atoms with Crippen molar-refractivity contribution in [3.63, 3.8) is 0 Å². The maximum atomic E-state index is 5.65. The predicted molar refractivity (Wildman–Crippen MR) is 73.4 cm³/mol. The van der Waals surface area contributed by atoms with E-state index in [1.54, 1.807) is 0 Å². The minimum Gasteiger partial charge on any atom is -0.377 e. The molecule has 1 unspecified atom stereocenters. The van der Waals surface area contributed by atoms with Gasteiger partial charge >= 0.3 is 0 Å². The van der Waals surface area contributed by atoms with Crippen molar-refractivity contribution in [2.45, 2.75) is 46.1 Å². The Labute approximate surface area is 107 Å². The molecule has 3 heteroatoms. The minimum absolute atomic E-state index is 0.0620. The predicted octanol–water partition coefficient (Wildman–Crippen LogP) is 2.12. The first-order chi connectivity index (χ1) is 7.91. The summed E-state index contributed by atoms with van der Waals surface area (Å²) in [6.45, 7) is 14.7. The Hall–Kier alpha value is -0.120. The van der Waals surface area contributed by atoms with Crippen molar-refractivity contribution in [3.05, 3.63) is 0 Å². The van der Waals surface area contributed by atoms with Gasteiger partial charge in [-0.05, 0) is 38.3 Å². The highest BCUT2D eigenvalue weighted by Gasteiger charge is 2.33. The number of nitrogens with one attached hydrogen (secondary N) is 1. The second-order valence-electron chi connectivity index (χ2n) is 6.41. The molecule has 1 fully saturated rings. The highest BCUT2D eigenvalue weighted by molar-refractivity contribution is 4.87. The second kappa shape index (κ2) is 6.17. The van der Waals surface area contributed by atoms with Gasteiger partial charge in [-0.25, -0.2) is 0 Å². The number of methoxy groups -OCH3 is 1. The number of rotatable bonds is 6. The van der Waals surface area contributed by atoms with Crippen LogP contribution >= 0.6 is 0 Å². The van der Waals surface area contributed by atoms with Gasteiger partial charge in [0, 0.05) is 26.7 Å². The van der Waals surface area contributed by atoms with Gasteiger partial charge in [-0.1, -0.05) is 20.8 Å². The number of ether oxygens (including phenoxy) is 1. The number of piperidine rings is 1. The quantitative estimate of drug-likeness (QED) is 0.772. The molecule has 1 aliphatic heterocycles. The highest BCUT2D eigenvalue weighted by atomic mass is 16.5. The molecule has 0 spiro atoms. The van der Waals surface area contributed by atoms with Crippen molar-refractivity contribution in [1.82, 2.24) is 10.2 Å². The highest BCUT2D eigenvalue weighted by Crippen LogP contribution is 2.26. The third-order valence-electron chi connectivity index (χ3n) is 3.74. The molecule has 1 saturated heterocycles. The molecule has 0 aliphatic carbocycles. The molecular weight excluding hydrogens is 212 g/mol. The van der Waals surface area contributed by atoms with E-state index in [4.69, 9.17) is 4.74 Å². The van der Waals surface area contributed by atoms with Crippen LogP contribution in [0.25, 0.3) is 0 Å². The van der Waals surface area contributed by atoms with Gasteiger partial charge < -0.3 is 10.1 Å². The SMILES string of the molecule is CCNCC(C)(C)CN1CCCC(C)(OC)C1. The summed E-state index contributed by atoms with van der Waals surface area (Å²) >= 11 is 0. The van der Waals surface area contributed by atoms with Crippen LogP contribution in [0.2, 0.25) is 0 Å². The van der Waals surface area contributed by atoms with Gasteiger partial charge in [0.05, 0.1) is 5.60 Å². The summed E-state index contributed by atoms with van der Waals surface area (Å²) in [4.78, 5) is 2.56. The van der Waals surface area contributed by atoms with Gasteiger partial charge in [-0.2, -0.15) is 0 Å². The van der Waals surface area contributed by atoms with E-state index in [1.165, 1.54) is 19.4 Å². The molecule has 1 rings (SSSR count). The van der Waals surface area contributed by atoms with Crippen LogP contribution in [0.15, 0.2) is 0 Å². The van der Waals surface area contributed by atoms with Gasteiger partial charge in [0.2, 0.25) is 0 Å². The zero-order chi connectivity index (χ0) is 12.9. The van der Waals surface area contributed by atoms with E-state index in [2.05, 4.69) is 37.9 Å². The van der Waals surface area contributed by atoms with Crippen LogP contribution in [-0.2, 0) is 4.74 Å². The lowest BCUT2D eigenvalue weighted by Gasteiger charge is -2.42. The van der Waals surface area contributed by atoms with Crippen LogP contribution in [-0.4, -0.2) is 50.3 Å². The lowest BCUT2D eigenvalue weighted by atomic mass is 9.89. The zero-order valence-electron chi connectivity index (χ0n) is 12.3. The largest absolute Gasteiger partial charge is 0.377 e. The molecule has 102 valence electrons. The molecule has 17 heavy (non-hydrogen) atoms. The summed E-state index contributed by atoms with van der Waals surface area (Å²) in [7, 11) is 1.84. The van der Waals surface area contributed by atoms with Crippen molar-refractivity contribution in [2.75, 3.05) is 39.8 Å². The maximum absolute atomic E-state index is 5.65. The molecule has 3 nitrogen and oxygen atoms in total. The Morgan fingerprint density at radius 3 is 2.71 bits per heavy atom. The molecular formula is C14H30N2O. The molecule has 0 aromatic heterocycles.